The maximum absolute atomic E-state index is 10.7. The number of rotatable bonds is 5. The van der Waals surface area contributed by atoms with Crippen molar-refractivity contribution in [2.24, 2.45) is 0 Å². The van der Waals surface area contributed by atoms with Gasteiger partial charge in [-0.15, -0.1) is 0 Å². The monoisotopic (exact) mass is 190 g/mol. The Labute approximate surface area is 74.1 Å². The molecule has 1 amide bonds. The Morgan fingerprint density at radius 1 is 1.69 bits per heavy atom. The van der Waals surface area contributed by atoms with Crippen LogP contribution in [-0.4, -0.2) is 30.6 Å². The van der Waals surface area contributed by atoms with Crippen LogP contribution in [0.2, 0.25) is 0 Å². The Balaban J connectivity index is 3.69. The molecule has 0 saturated heterocycles. The summed E-state index contributed by atoms with van der Waals surface area (Å²) >= 11 is 0. The zero-order valence-corrected chi connectivity index (χ0v) is 6.94. The number of hydrogen-bond acceptors (Lipinski definition) is 4. The first-order chi connectivity index (χ1) is 6.06. The van der Waals surface area contributed by atoms with Gasteiger partial charge in [-0.25, -0.2) is 14.9 Å². The lowest BCUT2D eigenvalue weighted by Gasteiger charge is -2.15. The van der Waals surface area contributed by atoms with Crippen molar-refractivity contribution in [3.63, 3.8) is 0 Å². The summed E-state index contributed by atoms with van der Waals surface area (Å²) in [5.41, 5.74) is 0. The van der Waals surface area contributed by atoms with E-state index in [1.165, 1.54) is 0 Å². The Morgan fingerprint density at radius 3 is 2.77 bits per heavy atom. The van der Waals surface area contributed by atoms with E-state index in [0.717, 1.165) is 19.4 Å². The Morgan fingerprint density at radius 2 is 2.31 bits per heavy atom. The molecule has 0 aliphatic rings. The van der Waals surface area contributed by atoms with Crippen LogP contribution in [0.25, 0.3) is 0 Å². The van der Waals surface area contributed by atoms with Crippen molar-refractivity contribution in [1.29, 1.82) is 0 Å². The first-order valence-electron chi connectivity index (χ1n) is 3.32. The molecule has 0 spiro atoms. The minimum Gasteiger partial charge on any atom is -0.599 e. The molecular formula is C6H10N2O5. The highest BCUT2D eigenvalue weighted by Gasteiger charge is 2.03. The molecule has 1 atom stereocenters. The second-order valence-corrected chi connectivity index (χ2v) is 1.99. The molecule has 0 saturated carbocycles. The molecule has 1 unspecified atom stereocenters. The molecule has 0 aliphatic carbocycles. The maximum Gasteiger partial charge on any atom is 0.329 e. The molecule has 13 heavy (non-hydrogen) atoms. The Bertz CT molecular complexity index is 215. The summed E-state index contributed by atoms with van der Waals surface area (Å²) in [7, 11) is 1.16. The quantitative estimate of drug-likeness (QED) is 0.332. The fraction of sp³-hybridized carbons (Fsp3) is 0.333. The molecular weight excluding hydrogens is 180 g/mol. The molecule has 0 heterocycles. The number of hydroxylamine groups is 2. The zero-order chi connectivity index (χ0) is 10.3. The van der Waals surface area contributed by atoms with Gasteiger partial charge in [0, 0.05) is 12.3 Å². The van der Waals surface area contributed by atoms with Crippen molar-refractivity contribution in [3.8, 4) is 0 Å². The van der Waals surface area contributed by atoms with Crippen LogP contribution in [-0.2, 0) is 14.4 Å². The fourth-order valence-electron chi connectivity index (χ4n) is 0.460. The summed E-state index contributed by atoms with van der Waals surface area (Å²) in [6.07, 6.45) is 1.68. The SMILES string of the molecule is CO[NH+]([O-])CC(=O)NC=CC(=O)O. The fourth-order valence-corrected chi connectivity index (χ4v) is 0.460. The molecule has 0 bridgehead atoms. The van der Waals surface area contributed by atoms with Crippen molar-refractivity contribution in [1.82, 2.24) is 5.32 Å². The average Bonchev–Trinajstić information content (AvgIpc) is 2.03. The molecule has 0 aromatic rings. The highest BCUT2D eigenvalue weighted by Crippen LogP contribution is 1.67. The number of carboxylic acid groups (broad SMARTS) is 1. The van der Waals surface area contributed by atoms with E-state index in [9.17, 15) is 14.8 Å². The third-order valence-corrected chi connectivity index (χ3v) is 1.00. The number of hydrogen-bond donors (Lipinski definition) is 3. The van der Waals surface area contributed by atoms with Crippen molar-refractivity contribution in [2.45, 2.75) is 0 Å². The summed E-state index contributed by atoms with van der Waals surface area (Å²) in [5, 5.41) is 20.0. The highest BCUT2D eigenvalue weighted by atomic mass is 16.9. The topological polar surface area (TPSA) is 103 Å². The maximum atomic E-state index is 10.7. The lowest BCUT2D eigenvalue weighted by molar-refractivity contribution is -1.04. The van der Waals surface area contributed by atoms with Gasteiger partial charge in [-0.3, -0.25) is 4.79 Å². The van der Waals surface area contributed by atoms with Crippen molar-refractivity contribution >= 4 is 11.9 Å². The molecule has 7 nitrogen and oxygen atoms in total. The van der Waals surface area contributed by atoms with E-state index in [2.05, 4.69) is 10.2 Å². The van der Waals surface area contributed by atoms with E-state index in [1.54, 1.807) is 0 Å². The first kappa shape index (κ1) is 11.6. The predicted octanol–water partition coefficient (Wildman–Crippen LogP) is -2.35. The number of amides is 1. The predicted molar refractivity (Wildman–Crippen MR) is 41.1 cm³/mol. The standard InChI is InChI=1S/C6H10N2O5/c1-13-8(12)4-5(9)7-3-2-6(10)11/h2-3,8H,4H2,1H3,(H,7,9)(H,10,11). The average molecular weight is 190 g/mol. The van der Waals surface area contributed by atoms with Crippen molar-refractivity contribution < 1.29 is 24.8 Å². The molecule has 7 heteroatoms. The number of nitrogens with one attached hydrogen (secondary N) is 2. The van der Waals surface area contributed by atoms with E-state index in [1.807, 2.05) is 0 Å². The van der Waals surface area contributed by atoms with Crippen LogP contribution in [0, 0.1) is 5.21 Å². The molecule has 3 N–H and O–H groups in total. The zero-order valence-electron chi connectivity index (χ0n) is 6.94. The minimum absolute atomic E-state index is 0.430. The van der Waals surface area contributed by atoms with Gasteiger partial charge >= 0.3 is 5.97 Å². The van der Waals surface area contributed by atoms with Gasteiger partial charge in [0.25, 0.3) is 5.91 Å². The van der Waals surface area contributed by atoms with Crippen molar-refractivity contribution in [3.05, 3.63) is 17.5 Å². The molecule has 0 rings (SSSR count). The van der Waals surface area contributed by atoms with E-state index in [-0.39, 0.29) is 0 Å². The van der Waals surface area contributed by atoms with Crippen LogP contribution in [0.15, 0.2) is 12.3 Å². The molecule has 0 radical (unpaired) electrons. The summed E-state index contributed by atoms with van der Waals surface area (Å²) in [6.45, 7) is -0.430. The van der Waals surface area contributed by atoms with E-state index in [0.29, 0.717) is 0 Å². The first-order valence-corrected chi connectivity index (χ1v) is 3.32. The Hall–Kier alpha value is -1.44. The van der Waals surface area contributed by atoms with Crippen LogP contribution >= 0.6 is 0 Å². The minimum atomic E-state index is -1.18. The van der Waals surface area contributed by atoms with E-state index < -0.39 is 23.6 Å². The summed E-state index contributed by atoms with van der Waals surface area (Å²) in [5.74, 6) is -1.80. The van der Waals surface area contributed by atoms with Crippen LogP contribution < -0.4 is 10.5 Å². The van der Waals surface area contributed by atoms with Crippen LogP contribution in [0.4, 0.5) is 0 Å². The van der Waals surface area contributed by atoms with Gasteiger partial charge in [0.1, 0.15) is 0 Å². The van der Waals surface area contributed by atoms with E-state index in [4.69, 9.17) is 5.11 Å². The number of quaternary nitrogens is 1. The summed E-state index contributed by atoms with van der Waals surface area (Å²) in [4.78, 5) is 24.9. The van der Waals surface area contributed by atoms with Gasteiger partial charge in [-0.05, 0) is 0 Å². The third kappa shape index (κ3) is 6.94. The van der Waals surface area contributed by atoms with E-state index >= 15 is 0 Å². The van der Waals surface area contributed by atoms with Crippen molar-refractivity contribution in [2.75, 3.05) is 13.7 Å². The van der Waals surface area contributed by atoms with Gasteiger partial charge in [0.15, 0.2) is 6.54 Å². The van der Waals surface area contributed by atoms with Gasteiger partial charge in [-0.1, -0.05) is 0 Å². The van der Waals surface area contributed by atoms with Gasteiger partial charge in [-0.2, -0.15) is 0 Å². The lowest BCUT2D eigenvalue weighted by atomic mass is 10.5. The largest absolute Gasteiger partial charge is 0.599 e. The molecule has 74 valence electrons. The number of aliphatic carboxylic acids is 1. The van der Waals surface area contributed by atoms with Gasteiger partial charge < -0.3 is 15.6 Å². The number of carboxylic acids is 1. The second kappa shape index (κ2) is 6.12. The number of carbonyl (C=O) groups excluding carboxylic acids is 1. The highest BCUT2D eigenvalue weighted by molar-refractivity contribution is 5.82. The van der Waals surface area contributed by atoms with Crippen LogP contribution in [0.3, 0.4) is 0 Å². The van der Waals surface area contributed by atoms with Gasteiger partial charge in [0.2, 0.25) is 0 Å². The molecule has 0 aliphatic heterocycles. The van der Waals surface area contributed by atoms with Gasteiger partial charge in [0.05, 0.1) is 7.11 Å². The summed E-state index contributed by atoms with van der Waals surface area (Å²) in [6, 6.07) is 0. The normalized spacial score (nSPS) is 12.8. The van der Waals surface area contributed by atoms with Crippen LogP contribution in [0.5, 0.6) is 0 Å². The molecule has 0 aromatic carbocycles. The van der Waals surface area contributed by atoms with Crippen LogP contribution in [0.1, 0.15) is 0 Å². The Kier molecular flexibility index (Phi) is 5.44. The molecule has 0 fully saturated rings. The number of carbonyl (C=O) groups is 2. The smallest absolute Gasteiger partial charge is 0.329 e. The summed E-state index contributed by atoms with van der Waals surface area (Å²) < 4.78 is 0. The second-order valence-electron chi connectivity index (χ2n) is 1.99. The lowest BCUT2D eigenvalue weighted by Crippen LogP contribution is -3.07. The third-order valence-electron chi connectivity index (χ3n) is 1.00. The molecule has 0 aromatic heterocycles.